The Morgan fingerprint density at radius 2 is 1.87 bits per heavy atom. The van der Waals surface area contributed by atoms with Gasteiger partial charge in [0, 0.05) is 17.1 Å². The second kappa shape index (κ2) is 6.21. The number of likely N-dealkylation sites (tertiary alicyclic amines) is 1. The van der Waals surface area contributed by atoms with Crippen LogP contribution in [0.3, 0.4) is 0 Å². The average Bonchev–Trinajstić information content (AvgIpc) is 2.17. The summed E-state index contributed by atoms with van der Waals surface area (Å²) >= 11 is 3.59. The van der Waals surface area contributed by atoms with Crippen molar-refractivity contribution < 1.29 is 8.42 Å². The number of rotatable bonds is 5. The summed E-state index contributed by atoms with van der Waals surface area (Å²) in [5, 5.41) is 0. The van der Waals surface area contributed by atoms with E-state index in [1.807, 2.05) is 6.92 Å². The molecule has 3 nitrogen and oxygen atoms in total. The van der Waals surface area contributed by atoms with E-state index in [9.17, 15) is 8.42 Å². The second-order valence-electron chi connectivity index (χ2n) is 4.17. The first-order chi connectivity index (χ1) is 7.03. The van der Waals surface area contributed by atoms with Crippen molar-refractivity contribution in [2.75, 3.05) is 31.1 Å². The molecule has 0 bridgehead atoms. The van der Waals surface area contributed by atoms with Crippen LogP contribution in [0.25, 0.3) is 0 Å². The van der Waals surface area contributed by atoms with Crippen LogP contribution >= 0.6 is 15.9 Å². The van der Waals surface area contributed by atoms with E-state index in [0.29, 0.717) is 22.9 Å². The first kappa shape index (κ1) is 13.5. The predicted octanol–water partition coefficient (Wildman–Crippen LogP) is 1.67. The minimum absolute atomic E-state index is 0.327. The van der Waals surface area contributed by atoms with Crippen molar-refractivity contribution in [1.82, 2.24) is 4.90 Å². The van der Waals surface area contributed by atoms with Gasteiger partial charge in [0.1, 0.15) is 0 Å². The maximum absolute atomic E-state index is 11.5. The fourth-order valence-electron chi connectivity index (χ4n) is 1.81. The summed E-state index contributed by atoms with van der Waals surface area (Å²) in [5.74, 6) is 0.662. The number of hydrogen-bond donors (Lipinski definition) is 0. The third-order valence-electron chi connectivity index (χ3n) is 2.75. The van der Waals surface area contributed by atoms with Crippen LogP contribution in [0.5, 0.6) is 0 Å². The first-order valence-electron chi connectivity index (χ1n) is 5.60. The highest BCUT2D eigenvalue weighted by Crippen LogP contribution is 2.17. The van der Waals surface area contributed by atoms with Gasteiger partial charge in [0.15, 0.2) is 9.84 Å². The summed E-state index contributed by atoms with van der Waals surface area (Å²) in [7, 11) is -2.80. The third kappa shape index (κ3) is 5.31. The van der Waals surface area contributed by atoms with Gasteiger partial charge in [-0.3, -0.25) is 0 Å². The molecule has 0 aromatic carbocycles. The lowest BCUT2D eigenvalue weighted by Gasteiger charge is -2.29. The zero-order chi connectivity index (χ0) is 11.3. The molecule has 0 amide bonds. The standard InChI is InChI=1S/C10H20BrNO2S/c1-2-8-15(13,14)9-7-12-5-3-10(11)4-6-12/h10H,2-9H2,1H3. The van der Waals surface area contributed by atoms with Crippen LogP contribution < -0.4 is 0 Å². The van der Waals surface area contributed by atoms with E-state index in [1.54, 1.807) is 0 Å². The Labute approximate surface area is 101 Å². The summed E-state index contributed by atoms with van der Waals surface area (Å²) in [5.41, 5.74) is 0. The average molecular weight is 298 g/mol. The van der Waals surface area contributed by atoms with E-state index in [2.05, 4.69) is 20.8 Å². The van der Waals surface area contributed by atoms with Crippen molar-refractivity contribution >= 4 is 25.8 Å². The highest BCUT2D eigenvalue weighted by Gasteiger charge is 2.18. The fraction of sp³-hybridized carbons (Fsp3) is 1.00. The second-order valence-corrected chi connectivity index (χ2v) is 7.77. The van der Waals surface area contributed by atoms with Crippen LogP contribution in [0, 0.1) is 0 Å². The summed E-state index contributed by atoms with van der Waals surface area (Å²) in [6.07, 6.45) is 2.99. The van der Waals surface area contributed by atoms with E-state index < -0.39 is 9.84 Å². The summed E-state index contributed by atoms with van der Waals surface area (Å²) < 4.78 is 23.0. The minimum Gasteiger partial charge on any atom is -0.302 e. The Kier molecular flexibility index (Phi) is 5.57. The number of alkyl halides is 1. The zero-order valence-corrected chi connectivity index (χ0v) is 11.7. The van der Waals surface area contributed by atoms with Gasteiger partial charge in [-0.2, -0.15) is 0 Å². The highest BCUT2D eigenvalue weighted by molar-refractivity contribution is 9.09. The summed E-state index contributed by atoms with van der Waals surface area (Å²) in [4.78, 5) is 2.88. The third-order valence-corrected chi connectivity index (χ3v) is 5.50. The minimum atomic E-state index is -2.80. The topological polar surface area (TPSA) is 37.4 Å². The Bertz CT molecular complexity index is 271. The molecule has 5 heteroatoms. The van der Waals surface area contributed by atoms with Gasteiger partial charge in [-0.05, 0) is 32.4 Å². The Morgan fingerprint density at radius 3 is 2.40 bits per heavy atom. The van der Waals surface area contributed by atoms with Crippen molar-refractivity contribution in [3.05, 3.63) is 0 Å². The molecular formula is C10H20BrNO2S. The van der Waals surface area contributed by atoms with Gasteiger partial charge in [0.05, 0.1) is 5.75 Å². The van der Waals surface area contributed by atoms with Crippen LogP contribution in [-0.2, 0) is 9.84 Å². The number of hydrogen-bond acceptors (Lipinski definition) is 3. The van der Waals surface area contributed by atoms with E-state index in [4.69, 9.17) is 0 Å². The van der Waals surface area contributed by atoms with Gasteiger partial charge in [0.2, 0.25) is 0 Å². The Hall–Kier alpha value is 0.390. The van der Waals surface area contributed by atoms with Crippen molar-refractivity contribution in [1.29, 1.82) is 0 Å². The monoisotopic (exact) mass is 297 g/mol. The van der Waals surface area contributed by atoms with Gasteiger partial charge >= 0.3 is 0 Å². The van der Waals surface area contributed by atoms with Gasteiger partial charge in [-0.15, -0.1) is 0 Å². The lowest BCUT2D eigenvalue weighted by molar-refractivity contribution is 0.247. The van der Waals surface area contributed by atoms with Gasteiger partial charge in [-0.1, -0.05) is 22.9 Å². The lowest BCUT2D eigenvalue weighted by atomic mass is 10.1. The molecule has 1 rings (SSSR count). The molecule has 0 unspecified atom stereocenters. The van der Waals surface area contributed by atoms with Gasteiger partial charge < -0.3 is 4.90 Å². The number of nitrogens with zero attached hydrogens (tertiary/aromatic N) is 1. The van der Waals surface area contributed by atoms with Crippen LogP contribution in [0.1, 0.15) is 26.2 Å². The largest absolute Gasteiger partial charge is 0.302 e. The number of halogens is 1. The van der Waals surface area contributed by atoms with Crippen LogP contribution in [-0.4, -0.2) is 49.3 Å². The van der Waals surface area contributed by atoms with Crippen LogP contribution in [0.2, 0.25) is 0 Å². The van der Waals surface area contributed by atoms with Crippen LogP contribution in [0.15, 0.2) is 0 Å². The molecule has 0 saturated carbocycles. The van der Waals surface area contributed by atoms with Crippen molar-refractivity contribution in [2.45, 2.75) is 31.0 Å². The van der Waals surface area contributed by atoms with E-state index in [0.717, 1.165) is 32.4 Å². The van der Waals surface area contributed by atoms with E-state index >= 15 is 0 Å². The quantitative estimate of drug-likeness (QED) is 0.725. The predicted molar refractivity (Wildman–Crippen MR) is 67.3 cm³/mol. The van der Waals surface area contributed by atoms with E-state index in [1.165, 1.54) is 0 Å². The zero-order valence-electron chi connectivity index (χ0n) is 9.28. The SMILES string of the molecule is CCCS(=O)(=O)CCN1CCC(Br)CC1. The van der Waals surface area contributed by atoms with E-state index in [-0.39, 0.29) is 0 Å². The normalized spacial score (nSPS) is 20.7. The molecule has 1 fully saturated rings. The Balaban J connectivity index is 2.25. The Morgan fingerprint density at radius 1 is 1.27 bits per heavy atom. The maximum Gasteiger partial charge on any atom is 0.151 e. The molecule has 0 aliphatic carbocycles. The molecular weight excluding hydrogens is 278 g/mol. The molecule has 15 heavy (non-hydrogen) atoms. The molecule has 1 aliphatic heterocycles. The van der Waals surface area contributed by atoms with Crippen LogP contribution in [0.4, 0.5) is 0 Å². The molecule has 1 heterocycles. The molecule has 0 radical (unpaired) electrons. The van der Waals surface area contributed by atoms with Crippen molar-refractivity contribution in [2.24, 2.45) is 0 Å². The molecule has 0 N–H and O–H groups in total. The summed E-state index contributed by atoms with van der Waals surface area (Å²) in [6.45, 7) is 4.67. The molecule has 0 atom stereocenters. The molecule has 90 valence electrons. The summed E-state index contributed by atoms with van der Waals surface area (Å²) in [6, 6.07) is 0. The molecule has 1 aliphatic rings. The molecule has 0 spiro atoms. The fourth-order valence-corrected chi connectivity index (χ4v) is 3.58. The number of sulfone groups is 1. The highest BCUT2D eigenvalue weighted by atomic mass is 79.9. The molecule has 0 aromatic rings. The lowest BCUT2D eigenvalue weighted by Crippen LogP contribution is -2.37. The molecule has 0 aromatic heterocycles. The van der Waals surface area contributed by atoms with Gasteiger partial charge in [0.25, 0.3) is 0 Å². The van der Waals surface area contributed by atoms with Gasteiger partial charge in [-0.25, -0.2) is 8.42 Å². The number of piperidine rings is 1. The maximum atomic E-state index is 11.5. The first-order valence-corrected chi connectivity index (χ1v) is 8.34. The smallest absolute Gasteiger partial charge is 0.151 e. The van der Waals surface area contributed by atoms with Crippen molar-refractivity contribution in [3.8, 4) is 0 Å². The van der Waals surface area contributed by atoms with Crippen molar-refractivity contribution in [3.63, 3.8) is 0 Å². The molecule has 1 saturated heterocycles.